The Balaban J connectivity index is 1.66. The molecule has 4 atom stereocenters. The minimum absolute atomic E-state index is 0.0950. The lowest BCUT2D eigenvalue weighted by Crippen LogP contribution is -2.42. The van der Waals surface area contributed by atoms with E-state index in [4.69, 9.17) is 16.3 Å². The number of hydrogen-bond donors (Lipinski definition) is 4. The molecule has 7 nitrogen and oxygen atoms in total. The summed E-state index contributed by atoms with van der Waals surface area (Å²) in [6.07, 6.45) is -2.87. The number of ether oxygens (including phenoxy) is 1. The highest BCUT2D eigenvalue weighted by Crippen LogP contribution is 2.42. The number of benzene rings is 2. The van der Waals surface area contributed by atoms with Crippen molar-refractivity contribution < 1.29 is 20.1 Å². The molecule has 1 aromatic heterocycles. The topological polar surface area (TPSA) is 108 Å². The molecule has 0 aliphatic carbocycles. The summed E-state index contributed by atoms with van der Waals surface area (Å²) < 4.78 is 5.70. The Morgan fingerprint density at radius 1 is 1.17 bits per heavy atom. The summed E-state index contributed by atoms with van der Waals surface area (Å²) in [6, 6.07) is 15.3. The monoisotopic (exact) mass is 415 g/mol. The van der Waals surface area contributed by atoms with E-state index >= 15 is 0 Å². The first kappa shape index (κ1) is 20.0. The minimum Gasteiger partial charge on any atom is -0.394 e. The number of nitrogens with zero attached hydrogens (tertiary/aromatic N) is 2. The fourth-order valence-corrected chi connectivity index (χ4v) is 3.85. The first-order chi connectivity index (χ1) is 13.9. The van der Waals surface area contributed by atoms with Crippen molar-refractivity contribution in [3.05, 3.63) is 64.9 Å². The molecule has 3 aromatic rings. The molecule has 0 spiro atoms. The van der Waals surface area contributed by atoms with Crippen LogP contribution in [-0.4, -0.2) is 49.7 Å². The fourth-order valence-electron chi connectivity index (χ4n) is 3.68. The number of fused-ring (bicyclic) bond motifs is 1. The van der Waals surface area contributed by atoms with E-state index in [9.17, 15) is 15.3 Å². The van der Waals surface area contributed by atoms with E-state index in [1.165, 1.54) is 6.92 Å². The molecule has 152 valence electrons. The molecular formula is C21H22ClN3O4. The van der Waals surface area contributed by atoms with E-state index in [-0.39, 0.29) is 11.9 Å². The first-order valence-corrected chi connectivity index (χ1v) is 9.69. The van der Waals surface area contributed by atoms with Crippen LogP contribution >= 0.6 is 11.6 Å². The molecule has 1 unspecified atom stereocenters. The van der Waals surface area contributed by atoms with Crippen LogP contribution in [0.5, 0.6) is 0 Å². The van der Waals surface area contributed by atoms with Crippen LogP contribution in [0.2, 0.25) is 5.28 Å². The summed E-state index contributed by atoms with van der Waals surface area (Å²) in [5, 5.41) is 34.5. The minimum atomic E-state index is -1.55. The Morgan fingerprint density at radius 3 is 2.62 bits per heavy atom. The van der Waals surface area contributed by atoms with E-state index < -0.39 is 23.9 Å². The number of aliphatic hydroxyl groups is 3. The zero-order valence-electron chi connectivity index (χ0n) is 15.8. The Labute approximate surface area is 173 Å². The summed E-state index contributed by atoms with van der Waals surface area (Å²) in [4.78, 5) is 8.59. The number of hydrogen-bond acceptors (Lipinski definition) is 7. The molecule has 1 saturated heterocycles. The molecule has 1 aliphatic heterocycles. The van der Waals surface area contributed by atoms with Crippen molar-refractivity contribution in [2.75, 3.05) is 11.9 Å². The van der Waals surface area contributed by atoms with Crippen LogP contribution < -0.4 is 5.32 Å². The van der Waals surface area contributed by atoms with E-state index in [2.05, 4.69) is 15.3 Å². The van der Waals surface area contributed by atoms with Gasteiger partial charge in [0.25, 0.3) is 0 Å². The normalized spacial score (nSPS) is 26.7. The van der Waals surface area contributed by atoms with Crippen LogP contribution in [0.15, 0.2) is 48.5 Å². The molecule has 0 amide bonds. The lowest BCUT2D eigenvalue weighted by atomic mass is 9.88. The smallest absolute Gasteiger partial charge is 0.224 e. The molecule has 1 fully saturated rings. The highest BCUT2D eigenvalue weighted by molar-refractivity contribution is 6.28. The second-order valence-electron chi connectivity index (χ2n) is 7.36. The lowest BCUT2D eigenvalue weighted by Gasteiger charge is -2.27. The zero-order valence-corrected chi connectivity index (χ0v) is 16.5. The van der Waals surface area contributed by atoms with Crippen LogP contribution in [0.3, 0.4) is 0 Å². The predicted octanol–water partition coefficient (Wildman–Crippen LogP) is 2.44. The number of aliphatic hydroxyl groups excluding tert-OH is 2. The van der Waals surface area contributed by atoms with Crippen molar-refractivity contribution in [3.63, 3.8) is 0 Å². The Bertz CT molecular complexity index is 1020. The van der Waals surface area contributed by atoms with Gasteiger partial charge in [-0.1, -0.05) is 36.4 Å². The maximum atomic E-state index is 10.7. The summed E-state index contributed by atoms with van der Waals surface area (Å²) in [5.41, 5.74) is 0.763. The average Bonchev–Trinajstić information content (AvgIpc) is 2.95. The van der Waals surface area contributed by atoms with Crippen molar-refractivity contribution in [2.24, 2.45) is 0 Å². The van der Waals surface area contributed by atoms with Crippen molar-refractivity contribution in [2.45, 2.75) is 37.4 Å². The van der Waals surface area contributed by atoms with Crippen molar-refractivity contribution >= 4 is 28.3 Å². The fraction of sp³-hybridized carbons (Fsp3) is 0.333. The summed E-state index contributed by atoms with van der Waals surface area (Å²) in [5.74, 6) is 0.600. The molecule has 0 saturated carbocycles. The van der Waals surface area contributed by atoms with E-state index in [1.54, 1.807) is 12.1 Å². The van der Waals surface area contributed by atoms with E-state index in [0.29, 0.717) is 23.4 Å². The Kier molecular flexibility index (Phi) is 5.42. The predicted molar refractivity (Wildman–Crippen MR) is 110 cm³/mol. The molecule has 2 heterocycles. The van der Waals surface area contributed by atoms with Crippen LogP contribution in [0.25, 0.3) is 10.9 Å². The molecule has 4 N–H and O–H groups in total. The molecule has 2 aromatic carbocycles. The van der Waals surface area contributed by atoms with Crippen LogP contribution in [0.4, 0.5) is 5.82 Å². The van der Waals surface area contributed by atoms with Gasteiger partial charge < -0.3 is 25.4 Å². The van der Waals surface area contributed by atoms with Gasteiger partial charge in [0.2, 0.25) is 5.28 Å². The molecule has 8 heteroatoms. The standard InChI is InChI=1S/C21H22ClN3O4/c1-21(28)17(27)16(11-26)29-18(21)13-7-8-14-15(9-13)24-20(22)25-19(14)23-10-12-5-3-2-4-6-12/h2-9,16-18,26-28H,10-11H2,1H3,(H,23,24,25)/t16-,17-,18?,21-/m1/s1. The second kappa shape index (κ2) is 7.85. The van der Waals surface area contributed by atoms with Crippen LogP contribution in [-0.2, 0) is 11.3 Å². The highest BCUT2D eigenvalue weighted by atomic mass is 35.5. The van der Waals surface area contributed by atoms with Gasteiger partial charge in [0.1, 0.15) is 29.7 Å². The maximum Gasteiger partial charge on any atom is 0.224 e. The quantitative estimate of drug-likeness (QED) is 0.474. The third-order valence-electron chi connectivity index (χ3n) is 5.27. The van der Waals surface area contributed by atoms with Gasteiger partial charge in [-0.25, -0.2) is 9.97 Å². The number of aromatic nitrogens is 2. The number of anilines is 1. The molecule has 0 radical (unpaired) electrons. The molecule has 0 bridgehead atoms. The van der Waals surface area contributed by atoms with Crippen molar-refractivity contribution in [3.8, 4) is 0 Å². The van der Waals surface area contributed by atoms with E-state index in [0.717, 1.165) is 10.9 Å². The SMILES string of the molecule is C[C@]1(O)C(c2ccc3c(NCc4ccccc4)nc(Cl)nc3c2)O[C@H](CO)[C@H]1O. The van der Waals surface area contributed by atoms with Gasteiger partial charge in [0.15, 0.2) is 0 Å². The summed E-state index contributed by atoms with van der Waals surface area (Å²) in [7, 11) is 0. The number of nitrogens with one attached hydrogen (secondary N) is 1. The van der Waals surface area contributed by atoms with Crippen molar-refractivity contribution in [1.82, 2.24) is 9.97 Å². The second-order valence-corrected chi connectivity index (χ2v) is 7.70. The van der Waals surface area contributed by atoms with Gasteiger partial charge in [-0.05, 0) is 41.8 Å². The van der Waals surface area contributed by atoms with Gasteiger partial charge in [-0.15, -0.1) is 0 Å². The first-order valence-electron chi connectivity index (χ1n) is 9.32. The van der Waals surface area contributed by atoms with Gasteiger partial charge in [-0.3, -0.25) is 0 Å². The lowest BCUT2D eigenvalue weighted by molar-refractivity contribution is -0.0645. The van der Waals surface area contributed by atoms with Crippen LogP contribution in [0, 0.1) is 0 Å². The third-order valence-corrected chi connectivity index (χ3v) is 5.44. The average molecular weight is 416 g/mol. The molecular weight excluding hydrogens is 394 g/mol. The largest absolute Gasteiger partial charge is 0.394 e. The number of halogens is 1. The summed E-state index contributed by atoms with van der Waals surface area (Å²) >= 11 is 6.13. The Morgan fingerprint density at radius 2 is 1.93 bits per heavy atom. The number of rotatable bonds is 5. The van der Waals surface area contributed by atoms with Gasteiger partial charge in [0, 0.05) is 11.9 Å². The van der Waals surface area contributed by atoms with Crippen molar-refractivity contribution in [1.29, 1.82) is 0 Å². The molecule has 4 rings (SSSR count). The Hall–Kier alpha value is -2.29. The molecule has 29 heavy (non-hydrogen) atoms. The summed E-state index contributed by atoms with van der Waals surface area (Å²) in [6.45, 7) is 1.68. The zero-order chi connectivity index (χ0) is 20.6. The molecule has 1 aliphatic rings. The maximum absolute atomic E-state index is 10.7. The van der Waals surface area contributed by atoms with Gasteiger partial charge in [0.05, 0.1) is 12.1 Å². The van der Waals surface area contributed by atoms with Crippen LogP contribution in [0.1, 0.15) is 24.2 Å². The highest BCUT2D eigenvalue weighted by Gasteiger charge is 2.52. The van der Waals surface area contributed by atoms with Gasteiger partial charge >= 0.3 is 0 Å². The third kappa shape index (κ3) is 3.80. The van der Waals surface area contributed by atoms with Gasteiger partial charge in [-0.2, -0.15) is 0 Å². The van der Waals surface area contributed by atoms with E-state index in [1.807, 2.05) is 36.4 Å².